The molecule has 30 heavy (non-hydrogen) atoms. The van der Waals surface area contributed by atoms with Gasteiger partial charge in [-0.05, 0) is 51.0 Å². The van der Waals surface area contributed by atoms with Crippen LogP contribution in [0.1, 0.15) is 97.3 Å². The van der Waals surface area contributed by atoms with Gasteiger partial charge in [-0.1, -0.05) is 58.8 Å². The first kappa shape index (κ1) is 24.0. The zero-order valence-electron chi connectivity index (χ0n) is 19.7. The van der Waals surface area contributed by atoms with Crippen molar-refractivity contribution in [3.05, 3.63) is 0 Å². The number of ether oxygens (including phenoxy) is 1. The lowest BCUT2D eigenvalue weighted by atomic mass is 9.71. The number of fused-ring (bicyclic) bond motifs is 1. The standard InChI is InChI=1S/C25H46N2O3/c1-4-5-6-7-10-19-12-13-22-21(15-19)23(30-20-11-8-9-18(2)14-20)16-24(26-22)27(3)17-25(28)29/h18-24,26H,4-17H2,1-3H3,(H,28,29). The first-order valence-electron chi connectivity index (χ1n) is 12.8. The minimum Gasteiger partial charge on any atom is -0.480 e. The summed E-state index contributed by atoms with van der Waals surface area (Å²) in [7, 11) is 1.94. The number of carboxylic acids is 1. The molecule has 2 N–H and O–H groups in total. The molecule has 0 bridgehead atoms. The van der Waals surface area contributed by atoms with Crippen molar-refractivity contribution in [3.63, 3.8) is 0 Å². The molecule has 7 unspecified atom stereocenters. The molecule has 3 aliphatic rings. The molecule has 1 heterocycles. The zero-order chi connectivity index (χ0) is 21.5. The van der Waals surface area contributed by atoms with Gasteiger partial charge in [0, 0.05) is 18.4 Å². The van der Waals surface area contributed by atoms with E-state index in [0.29, 0.717) is 18.1 Å². The van der Waals surface area contributed by atoms with Crippen molar-refractivity contribution in [2.24, 2.45) is 17.8 Å². The molecule has 1 saturated heterocycles. The molecule has 1 aliphatic heterocycles. The van der Waals surface area contributed by atoms with E-state index >= 15 is 0 Å². The highest BCUT2D eigenvalue weighted by atomic mass is 16.5. The lowest BCUT2D eigenvalue weighted by molar-refractivity contribution is -0.141. The lowest BCUT2D eigenvalue weighted by Crippen LogP contribution is -2.61. The lowest BCUT2D eigenvalue weighted by Gasteiger charge is -2.50. The molecule has 2 aliphatic carbocycles. The van der Waals surface area contributed by atoms with Crippen molar-refractivity contribution >= 4 is 5.97 Å². The molecule has 0 aromatic heterocycles. The number of nitrogens with one attached hydrogen (secondary N) is 1. The van der Waals surface area contributed by atoms with Crippen LogP contribution >= 0.6 is 0 Å². The number of likely N-dealkylation sites (N-methyl/N-ethyl adjacent to an activating group) is 1. The molecule has 174 valence electrons. The minimum atomic E-state index is -0.754. The molecular formula is C25H46N2O3. The Labute approximate surface area is 184 Å². The van der Waals surface area contributed by atoms with Crippen LogP contribution < -0.4 is 5.32 Å². The Bertz CT molecular complexity index is 529. The summed E-state index contributed by atoms with van der Waals surface area (Å²) in [5.41, 5.74) is 0. The number of hydrogen-bond donors (Lipinski definition) is 2. The van der Waals surface area contributed by atoms with Crippen LogP contribution in [0.2, 0.25) is 0 Å². The fraction of sp³-hybridized carbons (Fsp3) is 0.960. The number of piperidine rings is 1. The van der Waals surface area contributed by atoms with Crippen LogP contribution in [0.25, 0.3) is 0 Å². The maximum atomic E-state index is 11.3. The second-order valence-electron chi connectivity index (χ2n) is 10.6. The largest absolute Gasteiger partial charge is 0.480 e. The van der Waals surface area contributed by atoms with E-state index in [1.54, 1.807) is 0 Å². The highest BCUT2D eigenvalue weighted by Crippen LogP contribution is 2.41. The predicted molar refractivity (Wildman–Crippen MR) is 121 cm³/mol. The third-order valence-corrected chi connectivity index (χ3v) is 7.99. The molecule has 3 fully saturated rings. The summed E-state index contributed by atoms with van der Waals surface area (Å²) in [6.45, 7) is 4.73. The second-order valence-corrected chi connectivity index (χ2v) is 10.6. The van der Waals surface area contributed by atoms with Crippen LogP contribution in [-0.2, 0) is 9.53 Å². The number of nitrogens with zero attached hydrogens (tertiary/aromatic N) is 1. The first-order chi connectivity index (χ1) is 14.5. The van der Waals surface area contributed by atoms with Gasteiger partial charge in [0.05, 0.1) is 24.9 Å². The zero-order valence-corrected chi connectivity index (χ0v) is 19.7. The summed E-state index contributed by atoms with van der Waals surface area (Å²) in [6, 6.07) is 0.470. The van der Waals surface area contributed by atoms with Gasteiger partial charge in [0.2, 0.25) is 0 Å². The highest BCUT2D eigenvalue weighted by Gasteiger charge is 2.43. The number of unbranched alkanes of at least 4 members (excludes halogenated alkanes) is 3. The van der Waals surface area contributed by atoms with E-state index in [1.807, 2.05) is 11.9 Å². The van der Waals surface area contributed by atoms with E-state index < -0.39 is 5.97 Å². The monoisotopic (exact) mass is 422 g/mol. The molecule has 0 aromatic carbocycles. The summed E-state index contributed by atoms with van der Waals surface area (Å²) in [5.74, 6) is 1.44. The molecule has 0 radical (unpaired) electrons. The summed E-state index contributed by atoms with van der Waals surface area (Å²) in [4.78, 5) is 13.2. The molecule has 7 atom stereocenters. The molecule has 2 saturated carbocycles. The number of hydrogen-bond acceptors (Lipinski definition) is 4. The maximum Gasteiger partial charge on any atom is 0.317 e. The summed E-state index contributed by atoms with van der Waals surface area (Å²) < 4.78 is 6.83. The average Bonchev–Trinajstić information content (AvgIpc) is 2.71. The Hall–Kier alpha value is -0.650. The Morgan fingerprint density at radius 3 is 2.67 bits per heavy atom. The van der Waals surface area contributed by atoms with E-state index in [9.17, 15) is 9.90 Å². The normalized spacial score (nSPS) is 37.1. The summed E-state index contributed by atoms with van der Waals surface area (Å²) in [5, 5.41) is 13.1. The summed E-state index contributed by atoms with van der Waals surface area (Å²) in [6.07, 6.45) is 17.3. The topological polar surface area (TPSA) is 61.8 Å². The number of carboxylic acid groups (broad SMARTS) is 1. The van der Waals surface area contributed by atoms with Crippen LogP contribution in [-0.4, -0.2) is 54.0 Å². The predicted octanol–water partition coefficient (Wildman–Crippen LogP) is 5.04. The molecular weight excluding hydrogens is 376 g/mol. The van der Waals surface area contributed by atoms with E-state index in [1.165, 1.54) is 77.0 Å². The van der Waals surface area contributed by atoms with Gasteiger partial charge in [-0.3, -0.25) is 15.0 Å². The second kappa shape index (κ2) is 11.8. The fourth-order valence-electron chi connectivity index (χ4n) is 6.28. The molecule has 0 amide bonds. The van der Waals surface area contributed by atoms with Crippen molar-refractivity contribution in [2.75, 3.05) is 13.6 Å². The first-order valence-corrected chi connectivity index (χ1v) is 12.8. The molecule has 5 nitrogen and oxygen atoms in total. The highest BCUT2D eigenvalue weighted by molar-refractivity contribution is 5.69. The van der Waals surface area contributed by atoms with Crippen LogP contribution in [0.3, 0.4) is 0 Å². The van der Waals surface area contributed by atoms with Gasteiger partial charge in [-0.15, -0.1) is 0 Å². The molecule has 5 heteroatoms. The molecule has 0 spiro atoms. The molecule has 3 rings (SSSR count). The summed E-state index contributed by atoms with van der Waals surface area (Å²) >= 11 is 0. The van der Waals surface area contributed by atoms with E-state index in [-0.39, 0.29) is 18.8 Å². The van der Waals surface area contributed by atoms with E-state index in [2.05, 4.69) is 19.2 Å². The maximum absolute atomic E-state index is 11.3. The quantitative estimate of drug-likeness (QED) is 0.483. The van der Waals surface area contributed by atoms with Gasteiger partial charge in [0.25, 0.3) is 0 Å². The van der Waals surface area contributed by atoms with Crippen LogP contribution in [0, 0.1) is 17.8 Å². The number of aliphatic carboxylic acids is 1. The minimum absolute atomic E-state index is 0.0856. The van der Waals surface area contributed by atoms with Gasteiger partial charge in [0.1, 0.15) is 0 Å². The van der Waals surface area contributed by atoms with Gasteiger partial charge >= 0.3 is 5.97 Å². The van der Waals surface area contributed by atoms with Gasteiger partial charge in [-0.25, -0.2) is 0 Å². The van der Waals surface area contributed by atoms with Gasteiger partial charge < -0.3 is 9.84 Å². The van der Waals surface area contributed by atoms with Crippen molar-refractivity contribution in [2.45, 2.75) is 122 Å². The Morgan fingerprint density at radius 2 is 1.93 bits per heavy atom. The third-order valence-electron chi connectivity index (χ3n) is 7.99. The Kier molecular flexibility index (Phi) is 9.46. The number of rotatable bonds is 10. The van der Waals surface area contributed by atoms with Crippen molar-refractivity contribution in [1.82, 2.24) is 10.2 Å². The van der Waals surface area contributed by atoms with E-state index in [4.69, 9.17) is 4.74 Å². The number of carbonyl (C=O) groups is 1. The third kappa shape index (κ3) is 6.93. The van der Waals surface area contributed by atoms with Crippen LogP contribution in [0.5, 0.6) is 0 Å². The van der Waals surface area contributed by atoms with Crippen molar-refractivity contribution in [1.29, 1.82) is 0 Å². The molecule has 0 aromatic rings. The van der Waals surface area contributed by atoms with Crippen LogP contribution in [0.4, 0.5) is 0 Å². The SMILES string of the molecule is CCCCCCC1CCC2NC(N(C)CC(=O)O)CC(OC3CCCC(C)C3)C2C1. The average molecular weight is 423 g/mol. The van der Waals surface area contributed by atoms with E-state index in [0.717, 1.165) is 18.3 Å². The smallest absolute Gasteiger partial charge is 0.317 e. The van der Waals surface area contributed by atoms with Crippen LogP contribution in [0.15, 0.2) is 0 Å². The Morgan fingerprint density at radius 1 is 1.10 bits per heavy atom. The van der Waals surface area contributed by atoms with Crippen molar-refractivity contribution < 1.29 is 14.6 Å². The van der Waals surface area contributed by atoms with Crippen molar-refractivity contribution in [3.8, 4) is 0 Å². The Balaban J connectivity index is 1.63. The van der Waals surface area contributed by atoms with Gasteiger partial charge in [0.15, 0.2) is 0 Å². The van der Waals surface area contributed by atoms with Gasteiger partial charge in [-0.2, -0.15) is 0 Å². The fourth-order valence-corrected chi connectivity index (χ4v) is 6.28.